The molecule has 0 fully saturated rings. The maximum absolute atomic E-state index is 11.1. The molecule has 0 aliphatic heterocycles. The first-order valence-corrected chi connectivity index (χ1v) is 6.60. The normalized spacial score (nSPS) is 10.8. The summed E-state index contributed by atoms with van der Waals surface area (Å²) in [6, 6.07) is 8.06. The van der Waals surface area contributed by atoms with Gasteiger partial charge >= 0.3 is 5.97 Å². The molecule has 0 N–H and O–H groups in total. The van der Waals surface area contributed by atoms with E-state index in [4.69, 9.17) is 4.52 Å². The van der Waals surface area contributed by atoms with Gasteiger partial charge in [-0.25, -0.2) is 0 Å². The molecule has 2 rings (SSSR count). The number of nitrogens with zero attached hydrogens (tertiary/aromatic N) is 2. The van der Waals surface area contributed by atoms with Crippen molar-refractivity contribution in [3.8, 4) is 11.4 Å². The van der Waals surface area contributed by atoms with Crippen molar-refractivity contribution in [1.29, 1.82) is 0 Å². The van der Waals surface area contributed by atoms with E-state index in [1.54, 1.807) is 0 Å². The van der Waals surface area contributed by atoms with Crippen molar-refractivity contribution < 1.29 is 14.1 Å². The van der Waals surface area contributed by atoms with Crippen LogP contribution in [0.5, 0.6) is 0 Å². The van der Waals surface area contributed by atoms with Gasteiger partial charge in [-0.3, -0.25) is 4.79 Å². The molecule has 0 saturated heterocycles. The van der Waals surface area contributed by atoms with Crippen molar-refractivity contribution in [3.05, 3.63) is 35.7 Å². The number of aryl methyl sites for hydroxylation is 1. The average Bonchev–Trinajstić information content (AvgIpc) is 2.93. The van der Waals surface area contributed by atoms with Crippen LogP contribution in [0.3, 0.4) is 0 Å². The number of benzene rings is 1. The summed E-state index contributed by atoms with van der Waals surface area (Å²) in [5.74, 6) is 1.15. The van der Waals surface area contributed by atoms with E-state index in [9.17, 15) is 4.79 Å². The number of methoxy groups -OCH3 is 1. The third-order valence-corrected chi connectivity index (χ3v) is 3.05. The summed E-state index contributed by atoms with van der Waals surface area (Å²) in [5.41, 5.74) is 2.15. The van der Waals surface area contributed by atoms with Gasteiger partial charge in [-0.05, 0) is 17.5 Å². The van der Waals surface area contributed by atoms with Crippen LogP contribution in [0.15, 0.2) is 28.8 Å². The van der Waals surface area contributed by atoms with Gasteiger partial charge in [-0.15, -0.1) is 0 Å². The van der Waals surface area contributed by atoms with Crippen LogP contribution in [0.1, 0.15) is 37.6 Å². The summed E-state index contributed by atoms with van der Waals surface area (Å²) in [5, 5.41) is 3.95. The zero-order valence-corrected chi connectivity index (χ0v) is 11.9. The fourth-order valence-corrected chi connectivity index (χ4v) is 1.82. The minimum Gasteiger partial charge on any atom is -0.469 e. The molecule has 0 amide bonds. The Bertz CT molecular complexity index is 590. The number of rotatable bonds is 5. The van der Waals surface area contributed by atoms with Crippen molar-refractivity contribution in [2.75, 3.05) is 7.11 Å². The lowest BCUT2D eigenvalue weighted by atomic mass is 10.0. The summed E-state index contributed by atoms with van der Waals surface area (Å²) >= 11 is 0. The maximum atomic E-state index is 11.1. The molecule has 0 aliphatic rings. The van der Waals surface area contributed by atoms with Gasteiger partial charge < -0.3 is 9.26 Å². The lowest BCUT2D eigenvalue weighted by molar-refractivity contribution is -0.140. The Morgan fingerprint density at radius 1 is 1.40 bits per heavy atom. The van der Waals surface area contributed by atoms with Gasteiger partial charge in [0, 0.05) is 12.0 Å². The fraction of sp³-hybridized carbons (Fsp3) is 0.400. The van der Waals surface area contributed by atoms with Crippen LogP contribution >= 0.6 is 0 Å². The van der Waals surface area contributed by atoms with Crippen LogP contribution in [-0.2, 0) is 16.0 Å². The molecule has 0 saturated carbocycles. The highest BCUT2D eigenvalue weighted by atomic mass is 16.5. The summed E-state index contributed by atoms with van der Waals surface area (Å²) in [6.45, 7) is 4.27. The zero-order chi connectivity index (χ0) is 14.5. The summed E-state index contributed by atoms with van der Waals surface area (Å²) in [7, 11) is 1.36. The van der Waals surface area contributed by atoms with Crippen LogP contribution < -0.4 is 0 Å². The maximum Gasteiger partial charge on any atom is 0.306 e. The number of aromatic nitrogens is 2. The van der Waals surface area contributed by atoms with E-state index >= 15 is 0 Å². The molecule has 106 valence electrons. The molecule has 1 heterocycles. The quantitative estimate of drug-likeness (QED) is 0.784. The molecule has 0 bridgehead atoms. The van der Waals surface area contributed by atoms with Gasteiger partial charge in [0.25, 0.3) is 0 Å². The van der Waals surface area contributed by atoms with E-state index in [1.807, 2.05) is 12.1 Å². The third kappa shape index (κ3) is 3.44. The number of carbonyl (C=O) groups excluding carboxylic acids is 1. The molecule has 5 nitrogen and oxygen atoms in total. The van der Waals surface area contributed by atoms with E-state index in [0.29, 0.717) is 24.1 Å². The number of ether oxygens (including phenoxy) is 1. The predicted molar refractivity (Wildman–Crippen MR) is 74.2 cm³/mol. The Labute approximate surface area is 118 Å². The van der Waals surface area contributed by atoms with E-state index in [-0.39, 0.29) is 12.4 Å². The second-order valence-corrected chi connectivity index (χ2v) is 4.87. The minimum atomic E-state index is -0.286. The van der Waals surface area contributed by atoms with Gasteiger partial charge in [-0.2, -0.15) is 4.98 Å². The Hall–Kier alpha value is -2.17. The summed E-state index contributed by atoms with van der Waals surface area (Å²) in [6.07, 6.45) is 0.633. The van der Waals surface area contributed by atoms with E-state index in [0.717, 1.165) is 5.56 Å². The molecular formula is C15H18N2O3. The first kappa shape index (κ1) is 14.2. The molecule has 1 aromatic carbocycles. The number of hydrogen-bond donors (Lipinski definition) is 0. The van der Waals surface area contributed by atoms with Crippen LogP contribution in [0.2, 0.25) is 0 Å². The van der Waals surface area contributed by atoms with Crippen molar-refractivity contribution in [2.24, 2.45) is 0 Å². The van der Waals surface area contributed by atoms with E-state index in [1.165, 1.54) is 12.7 Å². The van der Waals surface area contributed by atoms with Crippen LogP contribution in [0.4, 0.5) is 0 Å². The van der Waals surface area contributed by atoms with Crippen molar-refractivity contribution in [3.63, 3.8) is 0 Å². The fourth-order valence-electron chi connectivity index (χ4n) is 1.82. The largest absolute Gasteiger partial charge is 0.469 e. The van der Waals surface area contributed by atoms with Crippen molar-refractivity contribution in [2.45, 2.75) is 32.6 Å². The Kier molecular flexibility index (Phi) is 4.50. The zero-order valence-electron chi connectivity index (χ0n) is 11.9. The predicted octanol–water partition coefficient (Wildman–Crippen LogP) is 2.97. The first-order valence-electron chi connectivity index (χ1n) is 6.60. The second-order valence-electron chi connectivity index (χ2n) is 4.87. The Morgan fingerprint density at radius 2 is 2.20 bits per heavy atom. The van der Waals surface area contributed by atoms with E-state index in [2.05, 4.69) is 40.9 Å². The number of esters is 1. The highest BCUT2D eigenvalue weighted by Crippen LogP contribution is 2.22. The minimum absolute atomic E-state index is 0.240. The standard InChI is InChI=1S/C15H18N2O3/c1-10(2)11-5-4-6-12(9-11)15-16-13(20-17-15)7-8-14(18)19-3/h4-6,9-10H,7-8H2,1-3H3. The molecule has 1 aromatic heterocycles. The average molecular weight is 274 g/mol. The first-order chi connectivity index (χ1) is 9.60. The Morgan fingerprint density at radius 3 is 2.90 bits per heavy atom. The van der Waals surface area contributed by atoms with Crippen molar-refractivity contribution in [1.82, 2.24) is 10.1 Å². The molecule has 0 aliphatic carbocycles. The number of carbonyl (C=O) groups is 1. The van der Waals surface area contributed by atoms with Crippen LogP contribution in [-0.4, -0.2) is 23.2 Å². The van der Waals surface area contributed by atoms with E-state index < -0.39 is 0 Å². The SMILES string of the molecule is COC(=O)CCc1nc(-c2cccc(C(C)C)c2)no1. The topological polar surface area (TPSA) is 65.2 Å². The number of hydrogen-bond acceptors (Lipinski definition) is 5. The van der Waals surface area contributed by atoms with Gasteiger partial charge in [0.2, 0.25) is 11.7 Å². The molecule has 0 atom stereocenters. The van der Waals surface area contributed by atoms with Gasteiger partial charge in [-0.1, -0.05) is 37.2 Å². The smallest absolute Gasteiger partial charge is 0.306 e. The van der Waals surface area contributed by atoms with Gasteiger partial charge in [0.1, 0.15) is 0 Å². The molecular weight excluding hydrogens is 256 g/mol. The molecule has 20 heavy (non-hydrogen) atoms. The van der Waals surface area contributed by atoms with Crippen LogP contribution in [0.25, 0.3) is 11.4 Å². The molecule has 0 radical (unpaired) electrons. The highest BCUT2D eigenvalue weighted by Gasteiger charge is 2.11. The molecule has 0 spiro atoms. The molecule has 0 unspecified atom stereocenters. The lowest BCUT2D eigenvalue weighted by Gasteiger charge is -2.05. The molecule has 2 aromatic rings. The van der Waals surface area contributed by atoms with Crippen molar-refractivity contribution >= 4 is 5.97 Å². The molecule has 5 heteroatoms. The lowest BCUT2D eigenvalue weighted by Crippen LogP contribution is -2.01. The third-order valence-electron chi connectivity index (χ3n) is 3.05. The summed E-state index contributed by atoms with van der Waals surface area (Å²) in [4.78, 5) is 15.4. The van der Waals surface area contributed by atoms with Crippen LogP contribution in [0, 0.1) is 0 Å². The summed E-state index contributed by atoms with van der Waals surface area (Å²) < 4.78 is 9.72. The monoisotopic (exact) mass is 274 g/mol. The Balaban J connectivity index is 2.12. The van der Waals surface area contributed by atoms with Gasteiger partial charge in [0.15, 0.2) is 0 Å². The highest BCUT2D eigenvalue weighted by molar-refractivity contribution is 5.69. The second kappa shape index (κ2) is 6.32. The van der Waals surface area contributed by atoms with Gasteiger partial charge in [0.05, 0.1) is 13.5 Å².